The topological polar surface area (TPSA) is 104 Å². The van der Waals surface area contributed by atoms with Gasteiger partial charge in [0.1, 0.15) is 23.1 Å². The molecular weight excluding hydrogens is 448 g/mol. The van der Waals surface area contributed by atoms with Crippen LogP contribution in [0.1, 0.15) is 23.2 Å². The fourth-order valence-electron chi connectivity index (χ4n) is 3.64. The average molecular weight is 471 g/mol. The number of ketones is 1. The molecule has 0 fully saturated rings. The lowest BCUT2D eigenvalue weighted by Crippen LogP contribution is -2.34. The minimum atomic E-state index is -1.50. The second-order valence-electron chi connectivity index (χ2n) is 7.73. The highest BCUT2D eigenvalue weighted by molar-refractivity contribution is 6.07. The molecule has 0 bridgehead atoms. The molecule has 1 aliphatic heterocycles. The van der Waals surface area contributed by atoms with Crippen LogP contribution in [0, 0.1) is 17.6 Å². The number of hydrogen-bond acceptors (Lipinski definition) is 5. The van der Waals surface area contributed by atoms with Crippen LogP contribution in [0.2, 0.25) is 0 Å². The van der Waals surface area contributed by atoms with Crippen molar-refractivity contribution >= 4 is 17.7 Å². The van der Waals surface area contributed by atoms with Crippen LogP contribution in [0.25, 0.3) is 0 Å². The van der Waals surface area contributed by atoms with Gasteiger partial charge in [-0.05, 0) is 67.6 Å². The maximum Gasteiger partial charge on any atom is 0.332 e. The summed E-state index contributed by atoms with van der Waals surface area (Å²) in [5.41, 5.74) is -0.438. The molecule has 3 rings (SSSR count). The summed E-state index contributed by atoms with van der Waals surface area (Å²) in [6, 6.07) is 10.3. The molecule has 2 aromatic carbocycles. The zero-order valence-electron chi connectivity index (χ0n) is 18.1. The third-order valence-corrected chi connectivity index (χ3v) is 5.39. The van der Waals surface area contributed by atoms with Crippen molar-refractivity contribution in [1.29, 1.82) is 0 Å². The standard InChI is InChI=1S/C25H23F2NO6/c26-17-3-1-16(2-4-17)24(31)21(22(25(32)33)15-23(29)30)11-14-28-12-9-20(10-13-28)34-19-7-5-18(27)6-8-19/h1-9,15,21H,10-14H2,(H,29,30)(H,32,33)/b22-15+. The smallest absolute Gasteiger partial charge is 0.332 e. The second kappa shape index (κ2) is 11.3. The van der Waals surface area contributed by atoms with E-state index < -0.39 is 35.0 Å². The number of aliphatic carboxylic acids is 2. The molecule has 178 valence electrons. The van der Waals surface area contributed by atoms with Crippen LogP contribution in [0.4, 0.5) is 8.78 Å². The molecule has 1 aliphatic rings. The van der Waals surface area contributed by atoms with Crippen molar-refractivity contribution in [2.24, 2.45) is 5.92 Å². The number of carboxylic acid groups (broad SMARTS) is 2. The van der Waals surface area contributed by atoms with E-state index in [4.69, 9.17) is 9.84 Å². The number of hydrogen-bond donors (Lipinski definition) is 2. The number of rotatable bonds is 10. The Labute approximate surface area is 194 Å². The average Bonchev–Trinajstić information content (AvgIpc) is 2.81. The van der Waals surface area contributed by atoms with E-state index in [0.717, 1.165) is 12.1 Å². The quantitative estimate of drug-likeness (QED) is 0.400. The summed E-state index contributed by atoms with van der Waals surface area (Å²) in [5.74, 6) is -4.49. The molecule has 34 heavy (non-hydrogen) atoms. The lowest BCUT2D eigenvalue weighted by atomic mass is 9.87. The molecule has 0 amide bonds. The van der Waals surface area contributed by atoms with Crippen molar-refractivity contribution in [3.05, 3.63) is 89.2 Å². The molecule has 0 aliphatic carbocycles. The Hall–Kier alpha value is -3.85. The minimum Gasteiger partial charge on any atom is -0.478 e. The zero-order valence-corrected chi connectivity index (χ0v) is 18.1. The molecule has 7 nitrogen and oxygen atoms in total. The van der Waals surface area contributed by atoms with Gasteiger partial charge < -0.3 is 14.9 Å². The molecule has 1 unspecified atom stereocenters. The Bertz CT molecular complexity index is 1110. The van der Waals surface area contributed by atoms with Crippen LogP contribution >= 0.6 is 0 Å². The summed E-state index contributed by atoms with van der Waals surface area (Å²) in [4.78, 5) is 37.9. The fraction of sp³-hybridized carbons (Fsp3) is 0.240. The second-order valence-corrected chi connectivity index (χ2v) is 7.73. The maximum absolute atomic E-state index is 13.3. The number of carboxylic acids is 2. The van der Waals surface area contributed by atoms with Crippen molar-refractivity contribution in [2.45, 2.75) is 12.8 Å². The molecule has 0 spiro atoms. The van der Waals surface area contributed by atoms with Gasteiger partial charge in [0.15, 0.2) is 5.78 Å². The number of halogens is 2. The molecule has 0 radical (unpaired) electrons. The SMILES string of the molecule is O=C(O)/C=C(/C(=O)O)C(CCN1CC=C(Oc2ccc(F)cc2)CC1)C(=O)c1ccc(F)cc1. The lowest BCUT2D eigenvalue weighted by Gasteiger charge is -2.27. The number of nitrogens with zero attached hydrogens (tertiary/aromatic N) is 1. The predicted molar refractivity (Wildman–Crippen MR) is 118 cm³/mol. The molecule has 1 heterocycles. The van der Waals surface area contributed by atoms with Crippen molar-refractivity contribution in [3.63, 3.8) is 0 Å². The zero-order chi connectivity index (χ0) is 24.7. The molecule has 1 atom stereocenters. The van der Waals surface area contributed by atoms with Gasteiger partial charge in [0.2, 0.25) is 0 Å². The van der Waals surface area contributed by atoms with Gasteiger partial charge in [-0.25, -0.2) is 18.4 Å². The highest BCUT2D eigenvalue weighted by Crippen LogP contribution is 2.24. The summed E-state index contributed by atoms with van der Waals surface area (Å²) in [6.45, 7) is 1.36. The van der Waals surface area contributed by atoms with Crippen LogP contribution in [0.5, 0.6) is 5.75 Å². The summed E-state index contributed by atoms with van der Waals surface area (Å²) in [6.07, 6.45) is 2.97. The largest absolute Gasteiger partial charge is 0.478 e. The molecule has 9 heteroatoms. The van der Waals surface area contributed by atoms with Crippen molar-refractivity contribution in [3.8, 4) is 5.75 Å². The van der Waals surface area contributed by atoms with Crippen molar-refractivity contribution < 1.29 is 38.1 Å². The first kappa shape index (κ1) is 24.8. The Morgan fingerprint density at radius 2 is 1.62 bits per heavy atom. The lowest BCUT2D eigenvalue weighted by molar-refractivity contribution is -0.135. The Morgan fingerprint density at radius 1 is 1.00 bits per heavy atom. The summed E-state index contributed by atoms with van der Waals surface area (Å²) < 4.78 is 32.0. The van der Waals surface area contributed by atoms with Crippen molar-refractivity contribution in [1.82, 2.24) is 4.90 Å². The first-order chi connectivity index (χ1) is 16.2. The number of ether oxygens (including phenoxy) is 1. The van der Waals surface area contributed by atoms with E-state index >= 15 is 0 Å². The fourth-order valence-corrected chi connectivity index (χ4v) is 3.64. The van der Waals surface area contributed by atoms with E-state index in [0.29, 0.717) is 43.6 Å². The molecule has 0 aromatic heterocycles. The highest BCUT2D eigenvalue weighted by Gasteiger charge is 2.30. The number of carbonyl (C=O) groups is 3. The van der Waals surface area contributed by atoms with Crippen LogP contribution in [-0.4, -0.2) is 52.5 Å². The van der Waals surface area contributed by atoms with Gasteiger partial charge >= 0.3 is 11.9 Å². The van der Waals surface area contributed by atoms with Gasteiger partial charge in [-0.1, -0.05) is 0 Å². The van der Waals surface area contributed by atoms with Crippen LogP contribution < -0.4 is 4.74 Å². The molecule has 0 saturated heterocycles. The molecule has 2 aromatic rings. The van der Waals surface area contributed by atoms with Gasteiger partial charge in [0.25, 0.3) is 0 Å². The Kier molecular flexibility index (Phi) is 8.26. The third kappa shape index (κ3) is 6.82. The van der Waals surface area contributed by atoms with E-state index in [1.807, 2.05) is 11.0 Å². The third-order valence-electron chi connectivity index (χ3n) is 5.39. The van der Waals surface area contributed by atoms with Crippen LogP contribution in [0.15, 0.2) is 72.0 Å². The molecule has 0 saturated carbocycles. The summed E-state index contributed by atoms with van der Waals surface area (Å²) in [5, 5.41) is 18.7. The summed E-state index contributed by atoms with van der Waals surface area (Å²) >= 11 is 0. The van der Waals surface area contributed by atoms with Crippen molar-refractivity contribution in [2.75, 3.05) is 19.6 Å². The van der Waals surface area contributed by atoms with E-state index in [1.165, 1.54) is 36.4 Å². The Morgan fingerprint density at radius 3 is 2.15 bits per heavy atom. The normalized spacial score (nSPS) is 15.4. The first-order valence-corrected chi connectivity index (χ1v) is 10.6. The van der Waals surface area contributed by atoms with Gasteiger partial charge in [-0.2, -0.15) is 0 Å². The van der Waals surface area contributed by atoms with Crippen LogP contribution in [-0.2, 0) is 9.59 Å². The van der Waals surface area contributed by atoms with E-state index in [9.17, 15) is 28.3 Å². The monoisotopic (exact) mass is 471 g/mol. The molecule has 2 N–H and O–H groups in total. The summed E-state index contributed by atoms with van der Waals surface area (Å²) in [7, 11) is 0. The predicted octanol–water partition coefficient (Wildman–Crippen LogP) is 3.92. The van der Waals surface area contributed by atoms with E-state index in [-0.39, 0.29) is 17.8 Å². The number of Topliss-reactive ketones (excluding diaryl/α,β-unsaturated/α-hetero) is 1. The van der Waals surface area contributed by atoms with Crippen LogP contribution in [0.3, 0.4) is 0 Å². The first-order valence-electron chi connectivity index (χ1n) is 10.6. The van der Waals surface area contributed by atoms with Gasteiger partial charge in [0, 0.05) is 31.1 Å². The van der Waals surface area contributed by atoms with Gasteiger partial charge in [-0.15, -0.1) is 0 Å². The van der Waals surface area contributed by atoms with E-state index in [1.54, 1.807) is 0 Å². The maximum atomic E-state index is 13.3. The number of benzene rings is 2. The number of carbonyl (C=O) groups excluding carboxylic acids is 1. The van der Waals surface area contributed by atoms with Gasteiger partial charge in [-0.3, -0.25) is 9.69 Å². The minimum absolute atomic E-state index is 0.0591. The molecular formula is C25H23F2NO6. The highest BCUT2D eigenvalue weighted by atomic mass is 19.1. The van der Waals surface area contributed by atoms with E-state index in [2.05, 4.69) is 0 Å². The van der Waals surface area contributed by atoms with Gasteiger partial charge in [0.05, 0.1) is 11.5 Å². The Balaban J connectivity index is 1.70.